The third-order valence-electron chi connectivity index (χ3n) is 2.50. The summed E-state index contributed by atoms with van der Waals surface area (Å²) in [5, 5.41) is 3.26. The zero-order valence-electron chi connectivity index (χ0n) is 8.44. The normalized spacial score (nSPS) is 32.0. The van der Waals surface area contributed by atoms with E-state index in [0.29, 0.717) is 0 Å². The number of hydrogen-bond donors (Lipinski definition) is 1. The molecule has 3 nitrogen and oxygen atoms in total. The van der Waals surface area contributed by atoms with E-state index >= 15 is 0 Å². The van der Waals surface area contributed by atoms with Gasteiger partial charge in [-0.15, -0.1) is 0 Å². The second-order valence-corrected chi connectivity index (χ2v) is 3.46. The van der Waals surface area contributed by atoms with Gasteiger partial charge in [0.25, 0.3) is 0 Å². The molecular weight excluding hydrogens is 178 g/mol. The van der Waals surface area contributed by atoms with Gasteiger partial charge in [-0.2, -0.15) is 0 Å². The van der Waals surface area contributed by atoms with Gasteiger partial charge in [0.05, 0.1) is 12.1 Å². The lowest BCUT2D eigenvalue weighted by Crippen LogP contribution is -2.26. The van der Waals surface area contributed by atoms with E-state index in [9.17, 15) is 0 Å². The van der Waals surface area contributed by atoms with Crippen LogP contribution in [0.1, 0.15) is 18.5 Å². The Hall–Kier alpha value is -0.900. The SMILES string of the molecule is COC1NC(c2ccccc2)C(C)O1. The maximum atomic E-state index is 5.54. The van der Waals surface area contributed by atoms with Crippen LogP contribution < -0.4 is 5.32 Å². The van der Waals surface area contributed by atoms with Gasteiger partial charge in [-0.1, -0.05) is 30.3 Å². The molecule has 1 aliphatic heterocycles. The fraction of sp³-hybridized carbons (Fsp3) is 0.455. The van der Waals surface area contributed by atoms with Gasteiger partial charge in [0.15, 0.2) is 0 Å². The zero-order chi connectivity index (χ0) is 9.97. The quantitative estimate of drug-likeness (QED) is 0.775. The van der Waals surface area contributed by atoms with Gasteiger partial charge in [0, 0.05) is 7.11 Å². The Labute approximate surface area is 84.0 Å². The van der Waals surface area contributed by atoms with Crippen LogP contribution in [0.5, 0.6) is 0 Å². The Morgan fingerprint density at radius 3 is 2.57 bits per heavy atom. The topological polar surface area (TPSA) is 30.5 Å². The molecule has 3 unspecified atom stereocenters. The molecule has 1 aliphatic rings. The van der Waals surface area contributed by atoms with E-state index in [2.05, 4.69) is 17.4 Å². The van der Waals surface area contributed by atoms with Gasteiger partial charge in [-0.3, -0.25) is 5.32 Å². The molecule has 0 aliphatic carbocycles. The molecule has 3 atom stereocenters. The first-order chi connectivity index (χ1) is 6.81. The van der Waals surface area contributed by atoms with Crippen molar-refractivity contribution in [1.29, 1.82) is 0 Å². The third kappa shape index (κ3) is 1.80. The van der Waals surface area contributed by atoms with Gasteiger partial charge >= 0.3 is 0 Å². The van der Waals surface area contributed by atoms with Crippen LogP contribution >= 0.6 is 0 Å². The van der Waals surface area contributed by atoms with Crippen molar-refractivity contribution in [2.75, 3.05) is 7.11 Å². The number of ether oxygens (including phenoxy) is 2. The summed E-state index contributed by atoms with van der Waals surface area (Å²) in [6.45, 7) is 2.05. The monoisotopic (exact) mass is 193 g/mol. The lowest BCUT2D eigenvalue weighted by atomic mass is 10.0. The number of methoxy groups -OCH3 is 1. The van der Waals surface area contributed by atoms with Crippen LogP contribution in [-0.4, -0.2) is 19.6 Å². The van der Waals surface area contributed by atoms with Crippen LogP contribution in [0.2, 0.25) is 0 Å². The van der Waals surface area contributed by atoms with E-state index in [-0.39, 0.29) is 18.6 Å². The standard InChI is InChI=1S/C11H15NO2/c1-8-10(12-11(13-2)14-8)9-6-4-3-5-7-9/h3-8,10-12H,1-2H3. The van der Waals surface area contributed by atoms with Gasteiger partial charge < -0.3 is 9.47 Å². The Morgan fingerprint density at radius 2 is 2.00 bits per heavy atom. The van der Waals surface area contributed by atoms with Crippen LogP contribution in [-0.2, 0) is 9.47 Å². The highest BCUT2D eigenvalue weighted by atomic mass is 16.7. The molecular formula is C11H15NO2. The van der Waals surface area contributed by atoms with Crippen molar-refractivity contribution in [3.63, 3.8) is 0 Å². The van der Waals surface area contributed by atoms with Crippen molar-refractivity contribution in [3.8, 4) is 0 Å². The van der Waals surface area contributed by atoms with E-state index in [0.717, 1.165) is 0 Å². The lowest BCUT2D eigenvalue weighted by molar-refractivity contribution is -0.120. The first kappa shape index (κ1) is 9.65. The van der Waals surface area contributed by atoms with Gasteiger partial charge in [-0.05, 0) is 12.5 Å². The van der Waals surface area contributed by atoms with Gasteiger partial charge in [0.1, 0.15) is 0 Å². The molecule has 1 heterocycles. The molecule has 1 N–H and O–H groups in total. The van der Waals surface area contributed by atoms with E-state index in [4.69, 9.17) is 9.47 Å². The van der Waals surface area contributed by atoms with Crippen molar-refractivity contribution in [2.24, 2.45) is 0 Å². The fourth-order valence-corrected chi connectivity index (χ4v) is 1.75. The van der Waals surface area contributed by atoms with E-state index in [1.54, 1.807) is 7.11 Å². The van der Waals surface area contributed by atoms with Gasteiger partial charge in [-0.25, -0.2) is 0 Å². The molecule has 0 spiro atoms. The summed E-state index contributed by atoms with van der Waals surface area (Å²) in [5.41, 5.74) is 1.24. The molecule has 1 saturated heterocycles. The average Bonchev–Trinajstić information content (AvgIpc) is 2.61. The highest BCUT2D eigenvalue weighted by Gasteiger charge is 2.31. The largest absolute Gasteiger partial charge is 0.343 e. The molecule has 0 bridgehead atoms. The Morgan fingerprint density at radius 1 is 1.29 bits per heavy atom. The molecule has 76 valence electrons. The van der Waals surface area contributed by atoms with Crippen LogP contribution in [0.3, 0.4) is 0 Å². The van der Waals surface area contributed by atoms with Crippen LogP contribution in [0.25, 0.3) is 0 Å². The molecule has 14 heavy (non-hydrogen) atoms. The fourth-order valence-electron chi connectivity index (χ4n) is 1.75. The predicted octanol–water partition coefficient (Wildman–Crippen LogP) is 1.67. The molecule has 0 amide bonds. The first-order valence-corrected chi connectivity index (χ1v) is 4.80. The minimum absolute atomic E-state index is 0.141. The van der Waals surface area contributed by atoms with Crippen LogP contribution in [0, 0.1) is 0 Å². The highest BCUT2D eigenvalue weighted by molar-refractivity contribution is 5.20. The Balaban J connectivity index is 2.13. The van der Waals surface area contributed by atoms with Crippen molar-refractivity contribution in [2.45, 2.75) is 25.5 Å². The van der Waals surface area contributed by atoms with Crippen LogP contribution in [0.4, 0.5) is 0 Å². The Bertz CT molecular complexity index is 289. The van der Waals surface area contributed by atoms with Crippen LogP contribution in [0.15, 0.2) is 30.3 Å². The maximum absolute atomic E-state index is 5.54. The second kappa shape index (κ2) is 4.09. The molecule has 0 radical (unpaired) electrons. The van der Waals surface area contributed by atoms with Crippen molar-refractivity contribution in [3.05, 3.63) is 35.9 Å². The molecule has 0 saturated carbocycles. The van der Waals surface area contributed by atoms with E-state index < -0.39 is 0 Å². The molecule has 0 aromatic heterocycles. The van der Waals surface area contributed by atoms with Crippen molar-refractivity contribution in [1.82, 2.24) is 5.32 Å². The first-order valence-electron chi connectivity index (χ1n) is 4.80. The molecule has 1 aromatic carbocycles. The third-order valence-corrected chi connectivity index (χ3v) is 2.50. The summed E-state index contributed by atoms with van der Waals surface area (Å²) in [6, 6.07) is 10.5. The smallest absolute Gasteiger partial charge is 0.216 e. The summed E-state index contributed by atoms with van der Waals surface area (Å²) in [5.74, 6) is 0. The Kier molecular flexibility index (Phi) is 2.82. The molecule has 1 fully saturated rings. The summed E-state index contributed by atoms with van der Waals surface area (Å²) >= 11 is 0. The van der Waals surface area contributed by atoms with Crippen molar-refractivity contribution >= 4 is 0 Å². The minimum Gasteiger partial charge on any atom is -0.343 e. The average molecular weight is 193 g/mol. The number of hydrogen-bond acceptors (Lipinski definition) is 3. The highest BCUT2D eigenvalue weighted by Crippen LogP contribution is 2.25. The maximum Gasteiger partial charge on any atom is 0.216 e. The lowest BCUT2D eigenvalue weighted by Gasteiger charge is -2.13. The molecule has 3 heteroatoms. The molecule has 2 rings (SSSR count). The number of benzene rings is 1. The van der Waals surface area contributed by atoms with Crippen molar-refractivity contribution < 1.29 is 9.47 Å². The second-order valence-electron chi connectivity index (χ2n) is 3.46. The number of nitrogens with one attached hydrogen (secondary N) is 1. The van der Waals surface area contributed by atoms with Gasteiger partial charge in [0.2, 0.25) is 6.41 Å². The molecule has 1 aromatic rings. The zero-order valence-corrected chi connectivity index (χ0v) is 8.44. The summed E-state index contributed by atoms with van der Waals surface area (Å²) in [4.78, 5) is 0. The predicted molar refractivity (Wildman–Crippen MR) is 53.7 cm³/mol. The summed E-state index contributed by atoms with van der Waals surface area (Å²) < 4.78 is 10.6. The van der Waals surface area contributed by atoms with E-state index in [1.165, 1.54) is 5.56 Å². The minimum atomic E-state index is -0.282. The van der Waals surface area contributed by atoms with E-state index in [1.807, 2.05) is 25.1 Å². The summed E-state index contributed by atoms with van der Waals surface area (Å²) in [7, 11) is 1.64. The summed E-state index contributed by atoms with van der Waals surface area (Å²) in [6.07, 6.45) is -0.141. The number of rotatable bonds is 2.